The van der Waals surface area contributed by atoms with E-state index in [1.165, 1.54) is 11.8 Å². The molecular formula is C24H18ClN3O2S. The summed E-state index contributed by atoms with van der Waals surface area (Å²) >= 11 is 7.31. The Morgan fingerprint density at radius 3 is 2.45 bits per heavy atom. The molecule has 3 rings (SSSR count). The molecule has 0 spiro atoms. The molecule has 3 aromatic carbocycles. The lowest BCUT2D eigenvalue weighted by Crippen LogP contribution is -2.30. The number of carbonyl (C=O) groups is 2. The molecule has 0 saturated carbocycles. The molecule has 154 valence electrons. The summed E-state index contributed by atoms with van der Waals surface area (Å²) in [5.74, 6) is -0.553. The topological polar surface area (TPSA) is 82.0 Å². The summed E-state index contributed by atoms with van der Waals surface area (Å²) in [6.07, 6.45) is 1.58. The van der Waals surface area contributed by atoms with Crippen molar-refractivity contribution in [1.29, 1.82) is 5.26 Å². The fourth-order valence-electron chi connectivity index (χ4n) is 2.65. The van der Waals surface area contributed by atoms with Gasteiger partial charge in [0.25, 0.3) is 11.8 Å². The normalized spacial score (nSPS) is 10.8. The van der Waals surface area contributed by atoms with E-state index >= 15 is 0 Å². The van der Waals surface area contributed by atoms with Gasteiger partial charge in [-0.05, 0) is 54.1 Å². The second-order valence-corrected chi connectivity index (χ2v) is 7.84. The van der Waals surface area contributed by atoms with E-state index in [4.69, 9.17) is 16.9 Å². The fourth-order valence-corrected chi connectivity index (χ4v) is 3.39. The van der Waals surface area contributed by atoms with Crippen molar-refractivity contribution < 1.29 is 9.59 Å². The molecule has 3 aromatic rings. The standard InChI is InChI=1S/C24H18ClN3O2S/c25-19-11-9-17(10-12-19)15-22(28-23(29)18-5-2-1-3-6-18)24(30)27-20-7-4-8-21(16-20)31-14-13-26/h1-12,15-16H,14H2,(H,27,30)(H,28,29)/b22-15+. The van der Waals surface area contributed by atoms with Crippen LogP contribution in [0.4, 0.5) is 5.69 Å². The van der Waals surface area contributed by atoms with Crippen molar-refractivity contribution in [3.63, 3.8) is 0 Å². The van der Waals surface area contributed by atoms with Gasteiger partial charge in [-0.25, -0.2) is 0 Å². The van der Waals surface area contributed by atoms with Crippen LogP contribution in [0.25, 0.3) is 6.08 Å². The predicted molar refractivity (Wildman–Crippen MR) is 125 cm³/mol. The summed E-state index contributed by atoms with van der Waals surface area (Å²) in [5.41, 5.74) is 1.80. The van der Waals surface area contributed by atoms with E-state index in [9.17, 15) is 9.59 Å². The molecule has 5 nitrogen and oxygen atoms in total. The Bertz CT molecular complexity index is 1140. The van der Waals surface area contributed by atoms with Crippen LogP contribution >= 0.6 is 23.4 Å². The van der Waals surface area contributed by atoms with Gasteiger partial charge in [-0.2, -0.15) is 5.26 Å². The zero-order chi connectivity index (χ0) is 22.1. The van der Waals surface area contributed by atoms with Gasteiger partial charge in [0.05, 0.1) is 11.8 Å². The number of nitriles is 1. The van der Waals surface area contributed by atoms with Crippen LogP contribution in [0.2, 0.25) is 5.02 Å². The third-order valence-corrected chi connectivity index (χ3v) is 5.22. The monoisotopic (exact) mass is 447 g/mol. The van der Waals surface area contributed by atoms with Crippen molar-refractivity contribution in [1.82, 2.24) is 5.32 Å². The zero-order valence-electron chi connectivity index (χ0n) is 16.3. The van der Waals surface area contributed by atoms with Gasteiger partial charge in [-0.15, -0.1) is 11.8 Å². The highest BCUT2D eigenvalue weighted by molar-refractivity contribution is 7.99. The first kappa shape index (κ1) is 22.2. The van der Waals surface area contributed by atoms with E-state index in [0.29, 0.717) is 27.6 Å². The van der Waals surface area contributed by atoms with Crippen LogP contribution in [0.5, 0.6) is 0 Å². The number of hydrogen-bond acceptors (Lipinski definition) is 4. The van der Waals surface area contributed by atoms with Crippen molar-refractivity contribution in [2.45, 2.75) is 4.90 Å². The van der Waals surface area contributed by atoms with Crippen LogP contribution in [-0.2, 0) is 4.79 Å². The Balaban J connectivity index is 1.84. The smallest absolute Gasteiger partial charge is 0.272 e. The van der Waals surface area contributed by atoms with Gasteiger partial charge in [0.2, 0.25) is 0 Å². The van der Waals surface area contributed by atoms with Crippen molar-refractivity contribution in [3.8, 4) is 6.07 Å². The van der Waals surface area contributed by atoms with Crippen LogP contribution in [0.3, 0.4) is 0 Å². The number of halogens is 1. The van der Waals surface area contributed by atoms with Crippen LogP contribution in [0, 0.1) is 11.3 Å². The molecule has 0 aliphatic heterocycles. The SMILES string of the molecule is N#CCSc1cccc(NC(=O)/C(=C\c2ccc(Cl)cc2)NC(=O)c2ccccc2)c1. The molecule has 0 aliphatic carbocycles. The lowest BCUT2D eigenvalue weighted by Gasteiger charge is -2.12. The summed E-state index contributed by atoms with van der Waals surface area (Å²) in [6, 6.07) is 24.8. The molecule has 0 saturated heterocycles. The number of benzene rings is 3. The Kier molecular flexibility index (Phi) is 7.88. The first-order chi connectivity index (χ1) is 15.0. The number of carbonyl (C=O) groups excluding carboxylic acids is 2. The lowest BCUT2D eigenvalue weighted by atomic mass is 10.1. The fraction of sp³-hybridized carbons (Fsp3) is 0.0417. The molecule has 7 heteroatoms. The molecule has 0 aliphatic rings. The maximum atomic E-state index is 13.0. The van der Waals surface area contributed by atoms with Gasteiger partial charge in [-0.1, -0.05) is 48.0 Å². The van der Waals surface area contributed by atoms with Gasteiger partial charge >= 0.3 is 0 Å². The Morgan fingerprint density at radius 1 is 1.00 bits per heavy atom. The van der Waals surface area contributed by atoms with Crippen molar-refractivity contribution >= 4 is 46.9 Å². The maximum Gasteiger partial charge on any atom is 0.272 e. The van der Waals surface area contributed by atoms with Gasteiger partial charge in [-0.3, -0.25) is 9.59 Å². The highest BCUT2D eigenvalue weighted by Crippen LogP contribution is 2.22. The second-order valence-electron chi connectivity index (χ2n) is 6.36. The number of anilines is 1. The highest BCUT2D eigenvalue weighted by atomic mass is 35.5. The number of thioether (sulfide) groups is 1. The van der Waals surface area contributed by atoms with Gasteiger partial charge < -0.3 is 10.6 Å². The number of rotatable bonds is 7. The summed E-state index contributed by atoms with van der Waals surface area (Å²) in [5, 5.41) is 14.8. The molecule has 0 aromatic heterocycles. The van der Waals surface area contributed by atoms with Gasteiger partial charge in [0, 0.05) is 21.2 Å². The minimum absolute atomic E-state index is 0.0891. The summed E-state index contributed by atoms with van der Waals surface area (Å²) in [4.78, 5) is 26.5. The van der Waals surface area contributed by atoms with E-state index in [0.717, 1.165) is 4.90 Å². The molecular weight excluding hydrogens is 430 g/mol. The number of nitrogens with zero attached hydrogens (tertiary/aromatic N) is 1. The third-order valence-electron chi connectivity index (χ3n) is 4.11. The quantitative estimate of drug-likeness (QED) is 0.377. The molecule has 0 atom stereocenters. The molecule has 0 fully saturated rings. The predicted octanol–water partition coefficient (Wildman–Crippen LogP) is 5.37. The maximum absolute atomic E-state index is 13.0. The first-order valence-electron chi connectivity index (χ1n) is 9.30. The molecule has 0 heterocycles. The molecule has 0 bridgehead atoms. The Labute approximate surface area is 189 Å². The third kappa shape index (κ3) is 6.75. The van der Waals surface area contributed by atoms with E-state index in [-0.39, 0.29) is 5.70 Å². The van der Waals surface area contributed by atoms with E-state index < -0.39 is 11.8 Å². The van der Waals surface area contributed by atoms with Crippen molar-refractivity contribution in [2.75, 3.05) is 11.1 Å². The van der Waals surface area contributed by atoms with E-state index in [2.05, 4.69) is 16.7 Å². The van der Waals surface area contributed by atoms with Gasteiger partial charge in [0.15, 0.2) is 0 Å². The summed E-state index contributed by atoms with van der Waals surface area (Å²) in [6.45, 7) is 0. The van der Waals surface area contributed by atoms with Crippen LogP contribution in [0.15, 0.2) is 89.5 Å². The second kappa shape index (κ2) is 11.0. The number of nitrogens with one attached hydrogen (secondary N) is 2. The average molecular weight is 448 g/mol. The minimum atomic E-state index is -0.471. The van der Waals surface area contributed by atoms with Crippen LogP contribution in [-0.4, -0.2) is 17.6 Å². The largest absolute Gasteiger partial charge is 0.321 e. The van der Waals surface area contributed by atoms with E-state index in [1.807, 2.05) is 12.1 Å². The van der Waals surface area contributed by atoms with Crippen LogP contribution < -0.4 is 10.6 Å². The Hall–Kier alpha value is -3.53. The lowest BCUT2D eigenvalue weighted by molar-refractivity contribution is -0.113. The van der Waals surface area contributed by atoms with Crippen molar-refractivity contribution in [2.24, 2.45) is 0 Å². The molecule has 31 heavy (non-hydrogen) atoms. The molecule has 2 N–H and O–H groups in total. The molecule has 0 radical (unpaired) electrons. The first-order valence-corrected chi connectivity index (χ1v) is 10.7. The summed E-state index contributed by atoms with van der Waals surface area (Å²) < 4.78 is 0. The van der Waals surface area contributed by atoms with Gasteiger partial charge in [0.1, 0.15) is 5.70 Å². The summed E-state index contributed by atoms with van der Waals surface area (Å²) in [7, 11) is 0. The molecule has 0 unspecified atom stereocenters. The Morgan fingerprint density at radius 2 is 1.74 bits per heavy atom. The number of amides is 2. The average Bonchev–Trinajstić information content (AvgIpc) is 2.79. The zero-order valence-corrected chi connectivity index (χ0v) is 17.9. The van der Waals surface area contributed by atoms with Crippen LogP contribution in [0.1, 0.15) is 15.9 Å². The minimum Gasteiger partial charge on any atom is -0.321 e. The van der Waals surface area contributed by atoms with Crippen molar-refractivity contribution in [3.05, 3.63) is 101 Å². The molecule has 2 amide bonds. The van der Waals surface area contributed by atoms with E-state index in [1.54, 1.807) is 72.8 Å². The highest BCUT2D eigenvalue weighted by Gasteiger charge is 2.15. The number of hydrogen-bond donors (Lipinski definition) is 2.